The van der Waals surface area contributed by atoms with Crippen molar-refractivity contribution in [3.63, 3.8) is 0 Å². The molecule has 142 valence electrons. The zero-order chi connectivity index (χ0) is 18.9. The van der Waals surface area contributed by atoms with E-state index in [1.807, 2.05) is 55.8 Å². The highest BCUT2D eigenvalue weighted by Gasteiger charge is 2.32. The smallest absolute Gasteiger partial charge is 0.241 e. The number of rotatable bonds is 3. The second-order valence-corrected chi connectivity index (χ2v) is 8.60. The van der Waals surface area contributed by atoms with Gasteiger partial charge in [-0.2, -0.15) is 0 Å². The van der Waals surface area contributed by atoms with E-state index in [0.717, 1.165) is 44.6 Å². The van der Waals surface area contributed by atoms with Gasteiger partial charge in [0.05, 0.1) is 6.54 Å². The third-order valence-corrected chi connectivity index (χ3v) is 5.61. The molecule has 0 spiro atoms. The van der Waals surface area contributed by atoms with E-state index in [4.69, 9.17) is 0 Å². The Kier molecular flexibility index (Phi) is 5.37. The Labute approximate surface area is 156 Å². The molecule has 0 atom stereocenters. The Morgan fingerprint density at radius 2 is 1.77 bits per heavy atom. The van der Waals surface area contributed by atoms with Crippen LogP contribution < -0.4 is 4.90 Å². The molecule has 0 bridgehead atoms. The molecule has 5 nitrogen and oxygen atoms in total. The van der Waals surface area contributed by atoms with E-state index < -0.39 is 0 Å². The van der Waals surface area contributed by atoms with Crippen molar-refractivity contribution in [1.29, 1.82) is 0 Å². The molecule has 1 saturated heterocycles. The number of fused-ring (bicyclic) bond motifs is 1. The summed E-state index contributed by atoms with van der Waals surface area (Å²) in [5, 5.41) is 0. The van der Waals surface area contributed by atoms with E-state index in [-0.39, 0.29) is 23.3 Å². The second-order valence-electron chi connectivity index (χ2n) is 8.60. The molecule has 3 rings (SSSR count). The Hall–Kier alpha value is -1.88. The van der Waals surface area contributed by atoms with Crippen LogP contribution in [0, 0.1) is 5.41 Å². The van der Waals surface area contributed by atoms with E-state index in [0.29, 0.717) is 6.54 Å². The lowest BCUT2D eigenvalue weighted by molar-refractivity contribution is -0.141. The number of likely N-dealkylation sites (tertiary alicyclic amines) is 1. The second kappa shape index (κ2) is 7.39. The summed E-state index contributed by atoms with van der Waals surface area (Å²) < 4.78 is 0. The third-order valence-electron chi connectivity index (χ3n) is 5.61. The third kappa shape index (κ3) is 3.93. The lowest BCUT2D eigenvalue weighted by Crippen LogP contribution is -2.50. The molecule has 1 fully saturated rings. The lowest BCUT2D eigenvalue weighted by atomic mass is 9.92. The molecule has 0 unspecified atom stereocenters. The average molecular weight is 357 g/mol. The Morgan fingerprint density at radius 3 is 2.42 bits per heavy atom. The molecule has 26 heavy (non-hydrogen) atoms. The van der Waals surface area contributed by atoms with E-state index in [2.05, 4.69) is 11.0 Å². The van der Waals surface area contributed by atoms with Gasteiger partial charge in [-0.05, 0) is 30.9 Å². The number of anilines is 1. The van der Waals surface area contributed by atoms with E-state index in [1.165, 1.54) is 5.56 Å². The van der Waals surface area contributed by atoms with Gasteiger partial charge in [0.25, 0.3) is 0 Å². The Balaban J connectivity index is 1.52. The van der Waals surface area contributed by atoms with Gasteiger partial charge in [0.1, 0.15) is 0 Å². The van der Waals surface area contributed by atoms with Gasteiger partial charge in [0.2, 0.25) is 11.8 Å². The summed E-state index contributed by atoms with van der Waals surface area (Å²) in [6.07, 6.45) is 2.81. The van der Waals surface area contributed by atoms with Crippen molar-refractivity contribution in [2.75, 3.05) is 38.1 Å². The summed E-state index contributed by atoms with van der Waals surface area (Å²) in [4.78, 5) is 31.3. The maximum atomic E-state index is 12.8. The molecule has 0 aliphatic carbocycles. The van der Waals surface area contributed by atoms with Gasteiger partial charge in [-0.1, -0.05) is 39.0 Å². The van der Waals surface area contributed by atoms with Crippen LogP contribution in [0.2, 0.25) is 0 Å². The van der Waals surface area contributed by atoms with Crippen LogP contribution in [-0.2, 0) is 16.0 Å². The molecular formula is C21H31N3O2. The summed E-state index contributed by atoms with van der Waals surface area (Å²) in [5.74, 6) is 0.383. The number of amides is 2. The monoisotopic (exact) mass is 357 g/mol. The number of benzene rings is 1. The first kappa shape index (κ1) is 18.9. The minimum absolute atomic E-state index is 0.188. The molecule has 1 aromatic carbocycles. The number of carbonyl (C=O) groups excluding carboxylic acids is 2. The average Bonchev–Trinajstić information content (AvgIpc) is 3.04. The fraction of sp³-hybridized carbons (Fsp3) is 0.619. The van der Waals surface area contributed by atoms with Crippen LogP contribution in [0.25, 0.3) is 0 Å². The summed E-state index contributed by atoms with van der Waals surface area (Å²) in [7, 11) is 1.92. The van der Waals surface area contributed by atoms with Crippen LogP contribution >= 0.6 is 0 Å². The molecule has 0 saturated carbocycles. The van der Waals surface area contributed by atoms with Crippen molar-refractivity contribution >= 4 is 17.5 Å². The van der Waals surface area contributed by atoms with Gasteiger partial charge < -0.3 is 9.80 Å². The van der Waals surface area contributed by atoms with Crippen LogP contribution in [0.3, 0.4) is 0 Å². The van der Waals surface area contributed by atoms with Crippen LogP contribution in [0.15, 0.2) is 24.3 Å². The van der Waals surface area contributed by atoms with Crippen molar-refractivity contribution in [3.8, 4) is 0 Å². The van der Waals surface area contributed by atoms with Gasteiger partial charge >= 0.3 is 0 Å². The van der Waals surface area contributed by atoms with Gasteiger partial charge in [0, 0.05) is 43.8 Å². The minimum atomic E-state index is -0.342. The maximum absolute atomic E-state index is 12.8. The van der Waals surface area contributed by atoms with Crippen LogP contribution in [0.4, 0.5) is 5.69 Å². The van der Waals surface area contributed by atoms with E-state index in [1.54, 1.807) is 0 Å². The molecule has 2 aliphatic heterocycles. The highest BCUT2D eigenvalue weighted by atomic mass is 16.2. The maximum Gasteiger partial charge on any atom is 0.241 e. The summed E-state index contributed by atoms with van der Waals surface area (Å²) in [5.41, 5.74) is 2.00. The first-order valence-electron chi connectivity index (χ1n) is 9.65. The molecule has 0 radical (unpaired) electrons. The number of piperidine rings is 1. The Morgan fingerprint density at radius 1 is 1.12 bits per heavy atom. The van der Waals surface area contributed by atoms with Gasteiger partial charge in [0.15, 0.2) is 0 Å². The lowest BCUT2D eigenvalue weighted by Gasteiger charge is -2.39. The van der Waals surface area contributed by atoms with Crippen LogP contribution in [0.5, 0.6) is 0 Å². The van der Waals surface area contributed by atoms with Crippen LogP contribution in [-0.4, -0.2) is 60.9 Å². The predicted molar refractivity (Wildman–Crippen MR) is 104 cm³/mol. The first-order chi connectivity index (χ1) is 12.3. The molecule has 2 heterocycles. The molecule has 0 aromatic heterocycles. The normalized spacial score (nSPS) is 18.7. The summed E-state index contributed by atoms with van der Waals surface area (Å²) in [6.45, 7) is 8.89. The van der Waals surface area contributed by atoms with Crippen molar-refractivity contribution in [3.05, 3.63) is 29.8 Å². The molecule has 0 N–H and O–H groups in total. The number of hydrogen-bond acceptors (Lipinski definition) is 3. The van der Waals surface area contributed by atoms with E-state index >= 15 is 0 Å². The number of hydrogen-bond donors (Lipinski definition) is 0. The fourth-order valence-electron chi connectivity index (χ4n) is 4.03. The number of para-hydroxylation sites is 1. The highest BCUT2D eigenvalue weighted by Crippen LogP contribution is 2.28. The van der Waals surface area contributed by atoms with Crippen molar-refractivity contribution < 1.29 is 9.59 Å². The highest BCUT2D eigenvalue weighted by molar-refractivity contribution is 5.96. The fourth-order valence-corrected chi connectivity index (χ4v) is 4.03. The van der Waals surface area contributed by atoms with Crippen molar-refractivity contribution in [1.82, 2.24) is 9.80 Å². The molecule has 2 amide bonds. The van der Waals surface area contributed by atoms with Crippen molar-refractivity contribution in [2.24, 2.45) is 5.41 Å². The summed E-state index contributed by atoms with van der Waals surface area (Å²) in [6, 6.07) is 8.46. The molecule has 5 heteroatoms. The molecule has 1 aromatic rings. The molecular weight excluding hydrogens is 326 g/mol. The molecule has 2 aliphatic rings. The number of nitrogens with zero attached hydrogens (tertiary/aromatic N) is 3. The Bertz CT molecular complexity index is 672. The quantitative estimate of drug-likeness (QED) is 0.835. The van der Waals surface area contributed by atoms with Gasteiger partial charge in [-0.15, -0.1) is 0 Å². The first-order valence-corrected chi connectivity index (χ1v) is 9.65. The zero-order valence-corrected chi connectivity index (χ0v) is 16.5. The summed E-state index contributed by atoms with van der Waals surface area (Å²) >= 11 is 0. The topological polar surface area (TPSA) is 43.9 Å². The largest absolute Gasteiger partial charge is 0.342 e. The standard InChI is InChI=1S/C21H31N3O2/c1-21(2,3)20(26)22(4)17-10-12-23(13-11-17)15-19(25)24-14-9-16-7-5-6-8-18(16)24/h5-8,17H,9-15H2,1-4H3. The minimum Gasteiger partial charge on any atom is -0.342 e. The van der Waals surface area contributed by atoms with Crippen LogP contribution in [0.1, 0.15) is 39.2 Å². The SMILES string of the molecule is CN(C(=O)C(C)(C)C)C1CCN(CC(=O)N2CCc3ccccc32)CC1. The van der Waals surface area contributed by atoms with Crippen molar-refractivity contribution in [2.45, 2.75) is 46.1 Å². The van der Waals surface area contributed by atoms with E-state index in [9.17, 15) is 9.59 Å². The zero-order valence-electron chi connectivity index (χ0n) is 16.5. The number of carbonyl (C=O) groups is 2. The van der Waals surface area contributed by atoms with Gasteiger partial charge in [-0.3, -0.25) is 14.5 Å². The van der Waals surface area contributed by atoms with Gasteiger partial charge in [-0.25, -0.2) is 0 Å². The predicted octanol–water partition coefficient (Wildman–Crippen LogP) is 2.54.